The van der Waals surface area contributed by atoms with Gasteiger partial charge in [-0.2, -0.15) is 0 Å². The van der Waals surface area contributed by atoms with Gasteiger partial charge in [0.05, 0.1) is 13.2 Å². The molecule has 3 nitrogen and oxygen atoms in total. The molecule has 1 aromatic rings. The first-order valence-corrected chi connectivity index (χ1v) is 4.19. The molecule has 0 aliphatic rings. The van der Waals surface area contributed by atoms with E-state index in [2.05, 4.69) is 0 Å². The standard InChI is InChI=1S/C11H12O3/c1-8-4-3-5-9(6-8)10(14-2)7-11(12)13/h3-7H,1-2H3,(H,12,13). The molecule has 74 valence electrons. The van der Waals surface area contributed by atoms with E-state index in [0.29, 0.717) is 5.76 Å². The van der Waals surface area contributed by atoms with Crippen molar-refractivity contribution in [3.63, 3.8) is 0 Å². The molecule has 1 aromatic carbocycles. The van der Waals surface area contributed by atoms with Gasteiger partial charge in [-0.15, -0.1) is 0 Å². The lowest BCUT2D eigenvalue weighted by Gasteiger charge is -2.05. The average molecular weight is 192 g/mol. The number of rotatable bonds is 3. The van der Waals surface area contributed by atoms with Crippen molar-refractivity contribution in [1.29, 1.82) is 0 Å². The third kappa shape index (κ3) is 2.62. The van der Waals surface area contributed by atoms with Gasteiger partial charge in [0.2, 0.25) is 0 Å². The molecule has 0 aliphatic carbocycles. The summed E-state index contributed by atoms with van der Waals surface area (Å²) >= 11 is 0. The first-order chi connectivity index (χ1) is 6.63. The third-order valence-electron chi connectivity index (χ3n) is 1.78. The number of aryl methyl sites for hydroxylation is 1. The quantitative estimate of drug-likeness (QED) is 0.589. The fourth-order valence-corrected chi connectivity index (χ4v) is 1.17. The van der Waals surface area contributed by atoms with E-state index < -0.39 is 5.97 Å². The SMILES string of the molecule is COC(=CC(=O)O)c1cccc(C)c1. The Hall–Kier alpha value is -1.77. The molecule has 0 heterocycles. The normalized spacial score (nSPS) is 11.1. The van der Waals surface area contributed by atoms with Gasteiger partial charge in [0.1, 0.15) is 5.76 Å². The lowest BCUT2D eigenvalue weighted by Crippen LogP contribution is -1.94. The van der Waals surface area contributed by atoms with Gasteiger partial charge in [0.15, 0.2) is 0 Å². The molecule has 3 heteroatoms. The fraction of sp³-hybridized carbons (Fsp3) is 0.182. The van der Waals surface area contributed by atoms with Crippen LogP contribution in [0.5, 0.6) is 0 Å². The number of methoxy groups -OCH3 is 1. The molecule has 0 fully saturated rings. The molecule has 1 rings (SSSR count). The smallest absolute Gasteiger partial charge is 0.332 e. The third-order valence-corrected chi connectivity index (χ3v) is 1.78. The lowest BCUT2D eigenvalue weighted by atomic mass is 10.1. The van der Waals surface area contributed by atoms with Crippen LogP contribution >= 0.6 is 0 Å². The van der Waals surface area contributed by atoms with E-state index in [9.17, 15) is 4.79 Å². The summed E-state index contributed by atoms with van der Waals surface area (Å²) in [4.78, 5) is 10.5. The van der Waals surface area contributed by atoms with Crippen molar-refractivity contribution in [2.24, 2.45) is 0 Å². The summed E-state index contributed by atoms with van der Waals surface area (Å²) < 4.78 is 4.98. The van der Waals surface area contributed by atoms with E-state index in [4.69, 9.17) is 9.84 Å². The second kappa shape index (κ2) is 4.46. The molecular weight excluding hydrogens is 180 g/mol. The molecule has 0 spiro atoms. The number of hydrogen-bond donors (Lipinski definition) is 1. The molecule has 0 atom stereocenters. The van der Waals surface area contributed by atoms with Crippen LogP contribution in [0.3, 0.4) is 0 Å². The summed E-state index contributed by atoms with van der Waals surface area (Å²) in [5, 5.41) is 8.59. The molecular formula is C11H12O3. The lowest BCUT2D eigenvalue weighted by molar-refractivity contribution is -0.131. The number of carboxylic acid groups (broad SMARTS) is 1. The minimum atomic E-state index is -1.01. The maximum Gasteiger partial charge on any atom is 0.332 e. The van der Waals surface area contributed by atoms with Crippen molar-refractivity contribution < 1.29 is 14.6 Å². The summed E-state index contributed by atoms with van der Waals surface area (Å²) in [6, 6.07) is 7.49. The zero-order chi connectivity index (χ0) is 10.6. The Morgan fingerprint density at radius 3 is 2.71 bits per heavy atom. The highest BCUT2D eigenvalue weighted by molar-refractivity contribution is 5.88. The predicted octanol–water partition coefficient (Wildman–Crippen LogP) is 2.07. The molecule has 0 saturated heterocycles. The van der Waals surface area contributed by atoms with Gasteiger partial charge in [-0.3, -0.25) is 0 Å². The Labute approximate surface area is 82.6 Å². The van der Waals surface area contributed by atoms with Crippen LogP contribution in [0.15, 0.2) is 30.3 Å². The van der Waals surface area contributed by atoms with Crippen molar-refractivity contribution in [3.05, 3.63) is 41.5 Å². The van der Waals surface area contributed by atoms with Crippen LogP contribution in [0.2, 0.25) is 0 Å². The summed E-state index contributed by atoms with van der Waals surface area (Å²) in [5.74, 6) is -0.649. The maximum absolute atomic E-state index is 10.5. The van der Waals surface area contributed by atoms with Crippen LogP contribution in [0, 0.1) is 6.92 Å². The van der Waals surface area contributed by atoms with Gasteiger partial charge in [0, 0.05) is 5.56 Å². The second-order valence-corrected chi connectivity index (χ2v) is 2.92. The van der Waals surface area contributed by atoms with Crippen molar-refractivity contribution in [2.75, 3.05) is 7.11 Å². The zero-order valence-electron chi connectivity index (χ0n) is 8.15. The maximum atomic E-state index is 10.5. The molecule has 1 N–H and O–H groups in total. The van der Waals surface area contributed by atoms with E-state index in [-0.39, 0.29) is 0 Å². The first-order valence-electron chi connectivity index (χ1n) is 4.19. The number of ether oxygens (including phenoxy) is 1. The number of aliphatic carboxylic acids is 1. The molecule has 0 aromatic heterocycles. The molecule has 0 radical (unpaired) electrons. The van der Waals surface area contributed by atoms with Crippen molar-refractivity contribution in [3.8, 4) is 0 Å². The Kier molecular flexibility index (Phi) is 3.29. The topological polar surface area (TPSA) is 46.5 Å². The Bertz CT molecular complexity index is 367. The predicted molar refractivity (Wildman–Crippen MR) is 53.8 cm³/mol. The zero-order valence-corrected chi connectivity index (χ0v) is 8.15. The van der Waals surface area contributed by atoms with Crippen molar-refractivity contribution >= 4 is 11.7 Å². The highest BCUT2D eigenvalue weighted by Crippen LogP contribution is 2.15. The minimum absolute atomic E-state index is 0.362. The van der Waals surface area contributed by atoms with Crippen LogP contribution in [0.1, 0.15) is 11.1 Å². The van der Waals surface area contributed by atoms with E-state index in [1.165, 1.54) is 7.11 Å². The molecule has 0 unspecified atom stereocenters. The van der Waals surface area contributed by atoms with E-state index in [0.717, 1.165) is 17.2 Å². The number of carbonyl (C=O) groups is 1. The van der Waals surface area contributed by atoms with Crippen LogP contribution in [0.25, 0.3) is 5.76 Å². The van der Waals surface area contributed by atoms with Crippen molar-refractivity contribution in [2.45, 2.75) is 6.92 Å². The molecule has 0 bridgehead atoms. The number of benzene rings is 1. The second-order valence-electron chi connectivity index (χ2n) is 2.92. The fourth-order valence-electron chi connectivity index (χ4n) is 1.17. The summed E-state index contributed by atoms with van der Waals surface area (Å²) in [6.45, 7) is 1.94. The Morgan fingerprint density at radius 2 is 2.21 bits per heavy atom. The van der Waals surface area contributed by atoms with Gasteiger partial charge in [0.25, 0.3) is 0 Å². The molecule has 0 aliphatic heterocycles. The summed E-state index contributed by atoms with van der Waals surface area (Å²) in [6.07, 6.45) is 1.05. The van der Waals surface area contributed by atoms with Crippen molar-refractivity contribution in [1.82, 2.24) is 0 Å². The summed E-state index contributed by atoms with van der Waals surface area (Å²) in [5.41, 5.74) is 1.84. The molecule has 0 amide bonds. The molecule has 0 saturated carbocycles. The summed E-state index contributed by atoms with van der Waals surface area (Å²) in [7, 11) is 1.46. The minimum Gasteiger partial charge on any atom is -0.496 e. The van der Waals surface area contributed by atoms with E-state index in [1.54, 1.807) is 0 Å². The number of carboxylic acids is 1. The number of hydrogen-bond acceptors (Lipinski definition) is 2. The van der Waals surface area contributed by atoms with Gasteiger partial charge >= 0.3 is 5.97 Å². The average Bonchev–Trinajstić information content (AvgIpc) is 2.14. The van der Waals surface area contributed by atoms with Crippen LogP contribution < -0.4 is 0 Å². The van der Waals surface area contributed by atoms with Gasteiger partial charge < -0.3 is 9.84 Å². The van der Waals surface area contributed by atoms with Crippen LogP contribution in [-0.4, -0.2) is 18.2 Å². The van der Waals surface area contributed by atoms with Crippen LogP contribution in [-0.2, 0) is 9.53 Å². The van der Waals surface area contributed by atoms with Gasteiger partial charge in [-0.25, -0.2) is 4.79 Å². The van der Waals surface area contributed by atoms with E-state index >= 15 is 0 Å². The highest BCUT2D eigenvalue weighted by atomic mass is 16.5. The van der Waals surface area contributed by atoms with Gasteiger partial charge in [-0.1, -0.05) is 23.8 Å². The molecule has 14 heavy (non-hydrogen) atoms. The Balaban J connectivity index is 3.07. The first kappa shape index (κ1) is 10.3. The monoisotopic (exact) mass is 192 g/mol. The highest BCUT2D eigenvalue weighted by Gasteiger charge is 2.03. The van der Waals surface area contributed by atoms with Crippen LogP contribution in [0.4, 0.5) is 0 Å². The van der Waals surface area contributed by atoms with E-state index in [1.807, 2.05) is 31.2 Å². The Morgan fingerprint density at radius 1 is 1.50 bits per heavy atom. The largest absolute Gasteiger partial charge is 0.496 e. The van der Waals surface area contributed by atoms with Gasteiger partial charge in [-0.05, 0) is 13.0 Å².